The Morgan fingerprint density at radius 1 is 1.54 bits per heavy atom. The van der Waals surface area contributed by atoms with E-state index >= 15 is 0 Å². The number of fused-ring (bicyclic) bond motifs is 1. The molecule has 0 unspecified atom stereocenters. The third kappa shape index (κ3) is 2.64. The van der Waals surface area contributed by atoms with Crippen molar-refractivity contribution in [3.63, 3.8) is 0 Å². The monoisotopic (exact) mass is 344 g/mol. The van der Waals surface area contributed by atoms with Crippen molar-refractivity contribution in [1.82, 2.24) is 9.38 Å². The zero-order valence-electron chi connectivity index (χ0n) is 12.9. The van der Waals surface area contributed by atoms with Crippen LogP contribution in [-0.4, -0.2) is 33.2 Å². The lowest BCUT2D eigenvalue weighted by Gasteiger charge is -2.19. The van der Waals surface area contributed by atoms with Gasteiger partial charge >= 0.3 is 0 Å². The summed E-state index contributed by atoms with van der Waals surface area (Å²) in [6, 6.07) is 5.58. The summed E-state index contributed by atoms with van der Waals surface area (Å²) in [7, 11) is 0. The minimum atomic E-state index is -0.442. The molecule has 3 heterocycles. The molecule has 9 heteroatoms. The maximum Gasteiger partial charge on any atom is 0.169 e. The second-order valence-electron chi connectivity index (χ2n) is 5.10. The number of hydrogen-bond donors (Lipinski definition) is 3. The Hall–Kier alpha value is -2.75. The highest BCUT2D eigenvalue weighted by Crippen LogP contribution is 2.31. The number of pyridine rings is 1. The van der Waals surface area contributed by atoms with Crippen LogP contribution in [0.2, 0.25) is 0 Å². The predicted molar refractivity (Wildman–Crippen MR) is 94.0 cm³/mol. The molecule has 3 rings (SSSR count). The summed E-state index contributed by atoms with van der Waals surface area (Å²) in [5, 5.41) is 13.9. The van der Waals surface area contributed by atoms with Crippen LogP contribution >= 0.6 is 11.3 Å². The molecule has 5 N–H and O–H groups in total. The minimum absolute atomic E-state index is 0.0523. The molecule has 0 spiro atoms. The first-order valence-corrected chi connectivity index (χ1v) is 7.86. The number of aryl methyl sites for hydroxylation is 1. The summed E-state index contributed by atoms with van der Waals surface area (Å²) in [6.45, 7) is 1.58. The first-order valence-electron chi connectivity index (χ1n) is 7.04. The van der Waals surface area contributed by atoms with E-state index < -0.39 is 6.61 Å². The van der Waals surface area contributed by atoms with Crippen LogP contribution in [0.1, 0.15) is 15.2 Å². The zero-order chi connectivity index (χ0) is 17.3. The highest BCUT2D eigenvalue weighted by molar-refractivity contribution is 7.15. The molecule has 0 radical (unpaired) electrons. The molecule has 0 atom stereocenters. The zero-order valence-corrected chi connectivity index (χ0v) is 13.7. The Labute approximate surface area is 141 Å². The molecule has 0 amide bonds. The Morgan fingerprint density at radius 3 is 2.92 bits per heavy atom. The van der Waals surface area contributed by atoms with Gasteiger partial charge in [0.1, 0.15) is 12.3 Å². The number of aliphatic hydroxyl groups excluding tert-OH is 1. The fraction of sp³-hybridized carbons (Fsp3) is 0.133. The van der Waals surface area contributed by atoms with Crippen molar-refractivity contribution in [3.8, 4) is 10.6 Å². The maximum absolute atomic E-state index is 11.3. The summed E-state index contributed by atoms with van der Waals surface area (Å²) in [5.41, 5.74) is 2.20. The van der Waals surface area contributed by atoms with Crippen LogP contribution in [0.25, 0.3) is 16.2 Å². The minimum Gasteiger partial charge on any atom is -0.388 e. The van der Waals surface area contributed by atoms with Gasteiger partial charge in [-0.3, -0.25) is 14.2 Å². The SMILES string of the molecule is Cc1ccc(-c2cnc3c(N(N)/C(CO)=N\N)cc(C=O)cn23)s1. The van der Waals surface area contributed by atoms with E-state index in [1.165, 1.54) is 4.88 Å². The number of rotatable bonds is 4. The topological polar surface area (TPSA) is 122 Å². The Morgan fingerprint density at radius 2 is 2.33 bits per heavy atom. The van der Waals surface area contributed by atoms with E-state index in [1.54, 1.807) is 34.2 Å². The first-order chi connectivity index (χ1) is 11.6. The predicted octanol–water partition coefficient (Wildman–Crippen LogP) is 1.13. The Kier molecular flexibility index (Phi) is 4.30. The van der Waals surface area contributed by atoms with E-state index in [2.05, 4.69) is 10.1 Å². The van der Waals surface area contributed by atoms with Gasteiger partial charge in [-0.05, 0) is 25.1 Å². The van der Waals surface area contributed by atoms with Crippen LogP contribution in [0, 0.1) is 6.92 Å². The number of carbonyl (C=O) groups is 1. The van der Waals surface area contributed by atoms with Gasteiger partial charge < -0.3 is 10.9 Å². The number of hydrazine groups is 1. The molecule has 0 aromatic carbocycles. The van der Waals surface area contributed by atoms with Crippen molar-refractivity contribution in [2.45, 2.75) is 6.92 Å². The molecule has 3 aromatic heterocycles. The van der Waals surface area contributed by atoms with Crippen LogP contribution in [0.15, 0.2) is 35.7 Å². The average molecular weight is 344 g/mol. The number of aldehydes is 1. The van der Waals surface area contributed by atoms with Gasteiger partial charge in [0.15, 0.2) is 17.8 Å². The van der Waals surface area contributed by atoms with E-state index in [9.17, 15) is 9.90 Å². The lowest BCUT2D eigenvalue weighted by molar-refractivity contribution is 0.112. The standard InChI is InChI=1S/C15H16N6O2S/c1-9-2-3-13(24-9)12-5-18-15-11(21(17)14(8-23)19-16)4-10(7-22)6-20(12)15/h2-7,23H,8,16-17H2,1H3/b19-14-. The van der Waals surface area contributed by atoms with E-state index in [4.69, 9.17) is 11.7 Å². The number of carbonyl (C=O) groups excluding carboxylic acids is 1. The van der Waals surface area contributed by atoms with Gasteiger partial charge in [-0.1, -0.05) is 0 Å². The molecule has 8 nitrogen and oxygen atoms in total. The van der Waals surface area contributed by atoms with Crippen molar-refractivity contribution in [1.29, 1.82) is 0 Å². The molecular weight excluding hydrogens is 328 g/mol. The maximum atomic E-state index is 11.3. The third-order valence-corrected chi connectivity index (χ3v) is 4.59. The van der Waals surface area contributed by atoms with Gasteiger partial charge in [0.05, 0.1) is 16.8 Å². The molecule has 0 fully saturated rings. The van der Waals surface area contributed by atoms with Crippen LogP contribution in [-0.2, 0) is 0 Å². The number of aromatic nitrogens is 2. The van der Waals surface area contributed by atoms with Gasteiger partial charge in [0.25, 0.3) is 0 Å². The number of anilines is 1. The van der Waals surface area contributed by atoms with Crippen LogP contribution < -0.4 is 16.7 Å². The molecule has 0 saturated carbocycles. The summed E-state index contributed by atoms with van der Waals surface area (Å²) >= 11 is 1.63. The fourth-order valence-electron chi connectivity index (χ4n) is 2.40. The highest BCUT2D eigenvalue weighted by Gasteiger charge is 2.18. The normalized spacial score (nSPS) is 11.9. The lowest BCUT2D eigenvalue weighted by atomic mass is 10.2. The van der Waals surface area contributed by atoms with Crippen LogP contribution in [0.3, 0.4) is 0 Å². The van der Waals surface area contributed by atoms with Gasteiger partial charge in [-0.2, -0.15) is 5.10 Å². The summed E-state index contributed by atoms with van der Waals surface area (Å²) in [5.74, 6) is 11.3. The van der Waals surface area contributed by atoms with Crippen molar-refractivity contribution in [2.24, 2.45) is 16.8 Å². The second kappa shape index (κ2) is 6.40. The quantitative estimate of drug-likeness (QED) is 0.214. The van der Waals surface area contributed by atoms with Gasteiger partial charge in [0.2, 0.25) is 0 Å². The van der Waals surface area contributed by atoms with E-state index in [0.29, 0.717) is 16.9 Å². The highest BCUT2D eigenvalue weighted by atomic mass is 32.1. The number of nitrogens with two attached hydrogens (primary N) is 2. The van der Waals surface area contributed by atoms with Gasteiger partial charge in [-0.15, -0.1) is 11.3 Å². The van der Waals surface area contributed by atoms with E-state index in [0.717, 1.165) is 21.9 Å². The molecule has 3 aromatic rings. The summed E-state index contributed by atoms with van der Waals surface area (Å²) < 4.78 is 1.79. The molecule has 0 aliphatic heterocycles. The number of imidazole rings is 1. The first kappa shape index (κ1) is 16.1. The fourth-order valence-corrected chi connectivity index (χ4v) is 3.28. The van der Waals surface area contributed by atoms with Crippen LogP contribution in [0.5, 0.6) is 0 Å². The average Bonchev–Trinajstić information content (AvgIpc) is 3.20. The van der Waals surface area contributed by atoms with Crippen LogP contribution in [0.4, 0.5) is 5.69 Å². The van der Waals surface area contributed by atoms with Crippen molar-refractivity contribution in [3.05, 3.63) is 41.0 Å². The number of amidine groups is 1. The number of aliphatic hydroxyl groups is 1. The lowest BCUT2D eigenvalue weighted by Crippen LogP contribution is -2.40. The van der Waals surface area contributed by atoms with Crippen molar-refractivity contribution >= 4 is 34.8 Å². The summed E-state index contributed by atoms with van der Waals surface area (Å²) in [4.78, 5) is 17.9. The molecule has 0 aliphatic carbocycles. The molecule has 124 valence electrons. The van der Waals surface area contributed by atoms with Gasteiger partial charge in [-0.25, -0.2) is 10.8 Å². The number of thiophene rings is 1. The van der Waals surface area contributed by atoms with Crippen molar-refractivity contribution < 1.29 is 9.90 Å². The van der Waals surface area contributed by atoms with Crippen molar-refractivity contribution in [2.75, 3.05) is 11.6 Å². The smallest absolute Gasteiger partial charge is 0.169 e. The molecule has 0 saturated heterocycles. The second-order valence-corrected chi connectivity index (χ2v) is 6.39. The summed E-state index contributed by atoms with van der Waals surface area (Å²) in [6.07, 6.45) is 4.12. The Balaban J connectivity index is 2.24. The molecule has 24 heavy (non-hydrogen) atoms. The molecular formula is C15H16N6O2S. The van der Waals surface area contributed by atoms with Gasteiger partial charge in [0, 0.05) is 16.6 Å². The molecule has 0 aliphatic rings. The number of nitrogens with zero attached hydrogens (tertiary/aromatic N) is 4. The number of hydrazone groups is 1. The largest absolute Gasteiger partial charge is 0.388 e. The van der Waals surface area contributed by atoms with E-state index in [1.807, 2.05) is 19.1 Å². The third-order valence-electron chi connectivity index (χ3n) is 3.56. The molecule has 0 bridgehead atoms. The van der Waals surface area contributed by atoms with E-state index in [-0.39, 0.29) is 5.84 Å². The number of hydrogen-bond acceptors (Lipinski definition) is 7. The Bertz CT molecular complexity index is 929.